The Balaban J connectivity index is 1.60. The van der Waals surface area contributed by atoms with Crippen molar-refractivity contribution >= 4 is 22.2 Å². The number of benzene rings is 1. The lowest BCUT2D eigenvalue weighted by atomic mass is 10.1. The van der Waals surface area contributed by atoms with Gasteiger partial charge in [-0.25, -0.2) is 4.98 Å². The molecule has 4 rings (SSSR count). The van der Waals surface area contributed by atoms with Gasteiger partial charge in [-0.1, -0.05) is 29.8 Å². The molecule has 0 bridgehead atoms. The van der Waals surface area contributed by atoms with Crippen LogP contribution in [-0.2, 0) is 6.54 Å². The monoisotopic (exact) mass is 337 g/mol. The topological polar surface area (TPSA) is 59.5 Å². The zero-order chi connectivity index (χ0) is 16.5. The molecule has 1 aromatic carbocycles. The molecule has 0 aliphatic rings. The summed E-state index contributed by atoms with van der Waals surface area (Å²) < 4.78 is 7.06. The lowest BCUT2D eigenvalue weighted by Crippen LogP contribution is -2.23. The molecular weight excluding hydrogens is 322 g/mol. The first-order valence-corrected chi connectivity index (χ1v) is 8.43. The average Bonchev–Trinajstić information content (AvgIpc) is 3.30. The Labute approximate surface area is 142 Å². The summed E-state index contributed by atoms with van der Waals surface area (Å²) in [5, 5.41) is 4.68. The molecule has 24 heavy (non-hydrogen) atoms. The van der Waals surface area contributed by atoms with Crippen LogP contribution in [0, 0.1) is 6.92 Å². The number of hydrogen-bond acceptors (Lipinski definition) is 4. The Morgan fingerprint density at radius 3 is 2.88 bits per heavy atom. The van der Waals surface area contributed by atoms with Crippen LogP contribution in [0.1, 0.15) is 21.8 Å². The third kappa shape index (κ3) is 2.72. The number of rotatable bonds is 4. The van der Waals surface area contributed by atoms with Crippen LogP contribution in [0.2, 0.25) is 0 Å². The number of carbonyl (C=O) groups excluding carboxylic acids is 1. The van der Waals surface area contributed by atoms with Gasteiger partial charge in [0.15, 0.2) is 4.96 Å². The van der Waals surface area contributed by atoms with Crippen LogP contribution in [0.3, 0.4) is 0 Å². The number of fused-ring (bicyclic) bond motifs is 1. The molecule has 0 aliphatic carbocycles. The van der Waals surface area contributed by atoms with Crippen molar-refractivity contribution in [3.63, 3.8) is 0 Å². The van der Waals surface area contributed by atoms with Gasteiger partial charge in [0.2, 0.25) is 0 Å². The first kappa shape index (κ1) is 14.7. The van der Waals surface area contributed by atoms with E-state index in [1.807, 2.05) is 34.2 Å². The number of amides is 1. The molecule has 4 aromatic rings. The second-order valence-electron chi connectivity index (χ2n) is 5.53. The molecule has 120 valence electrons. The van der Waals surface area contributed by atoms with Crippen molar-refractivity contribution in [2.45, 2.75) is 13.5 Å². The minimum absolute atomic E-state index is 0.148. The van der Waals surface area contributed by atoms with Crippen LogP contribution >= 0.6 is 11.3 Å². The van der Waals surface area contributed by atoms with E-state index in [9.17, 15) is 4.79 Å². The third-order valence-corrected chi connectivity index (χ3v) is 4.63. The summed E-state index contributed by atoms with van der Waals surface area (Å²) in [6, 6.07) is 11.8. The number of nitrogens with zero attached hydrogens (tertiary/aromatic N) is 2. The molecular formula is C18H15N3O2S. The van der Waals surface area contributed by atoms with Crippen molar-refractivity contribution in [1.29, 1.82) is 0 Å². The maximum absolute atomic E-state index is 12.4. The largest absolute Gasteiger partial charge is 0.467 e. The standard InChI is InChI=1S/C18H15N3O2S/c1-12-4-6-13(7-5-12)15-10-21-16(11-24-18(21)20-15)17(22)19-9-14-3-2-8-23-14/h2-8,10-11H,9H2,1H3,(H,19,22). The van der Waals surface area contributed by atoms with E-state index in [0.29, 0.717) is 12.2 Å². The number of furan rings is 1. The fourth-order valence-electron chi connectivity index (χ4n) is 2.48. The fourth-order valence-corrected chi connectivity index (χ4v) is 3.34. The summed E-state index contributed by atoms with van der Waals surface area (Å²) in [6.45, 7) is 2.42. The summed E-state index contributed by atoms with van der Waals surface area (Å²) in [5.74, 6) is 0.575. The van der Waals surface area contributed by atoms with Gasteiger partial charge >= 0.3 is 0 Å². The molecule has 6 heteroatoms. The number of imidazole rings is 1. The molecule has 1 N–H and O–H groups in total. The van der Waals surface area contributed by atoms with Gasteiger partial charge in [0.1, 0.15) is 11.5 Å². The van der Waals surface area contributed by atoms with Gasteiger partial charge in [-0.3, -0.25) is 9.20 Å². The van der Waals surface area contributed by atoms with Gasteiger partial charge in [-0.15, -0.1) is 11.3 Å². The number of aromatic nitrogens is 2. The van der Waals surface area contributed by atoms with Crippen molar-refractivity contribution in [3.8, 4) is 11.3 Å². The second-order valence-corrected chi connectivity index (χ2v) is 6.36. The van der Waals surface area contributed by atoms with E-state index >= 15 is 0 Å². The summed E-state index contributed by atoms with van der Waals surface area (Å²) in [6.07, 6.45) is 3.49. The Morgan fingerprint density at radius 1 is 1.29 bits per heavy atom. The zero-order valence-electron chi connectivity index (χ0n) is 13.0. The van der Waals surface area contributed by atoms with Crippen LogP contribution in [0.5, 0.6) is 0 Å². The summed E-state index contributed by atoms with van der Waals surface area (Å²) in [7, 11) is 0. The van der Waals surface area contributed by atoms with Crippen LogP contribution < -0.4 is 5.32 Å². The molecule has 1 amide bonds. The summed E-state index contributed by atoms with van der Waals surface area (Å²) in [4.78, 5) is 17.8. The lowest BCUT2D eigenvalue weighted by molar-refractivity contribution is 0.0942. The van der Waals surface area contributed by atoms with Gasteiger partial charge in [0, 0.05) is 17.1 Å². The predicted octanol–water partition coefficient (Wildman–Crippen LogP) is 3.89. The van der Waals surface area contributed by atoms with E-state index in [-0.39, 0.29) is 5.91 Å². The number of carbonyl (C=O) groups is 1. The minimum Gasteiger partial charge on any atom is -0.467 e. The second kappa shape index (κ2) is 5.98. The molecule has 0 atom stereocenters. The Morgan fingerprint density at radius 2 is 2.12 bits per heavy atom. The maximum Gasteiger partial charge on any atom is 0.269 e. The molecule has 0 fully saturated rings. The van der Waals surface area contributed by atoms with Gasteiger partial charge in [-0.2, -0.15) is 0 Å². The van der Waals surface area contributed by atoms with Crippen molar-refractivity contribution < 1.29 is 9.21 Å². The normalized spacial score (nSPS) is 11.0. The average molecular weight is 337 g/mol. The SMILES string of the molecule is Cc1ccc(-c2cn3c(C(=O)NCc4ccco4)csc3n2)cc1. The van der Waals surface area contributed by atoms with Gasteiger partial charge in [0.05, 0.1) is 18.5 Å². The fraction of sp³-hybridized carbons (Fsp3) is 0.111. The molecule has 0 unspecified atom stereocenters. The van der Waals surface area contributed by atoms with E-state index in [1.54, 1.807) is 12.3 Å². The van der Waals surface area contributed by atoms with Crippen LogP contribution in [0.25, 0.3) is 16.2 Å². The highest BCUT2D eigenvalue weighted by molar-refractivity contribution is 7.15. The van der Waals surface area contributed by atoms with E-state index in [4.69, 9.17) is 4.42 Å². The third-order valence-electron chi connectivity index (χ3n) is 3.79. The van der Waals surface area contributed by atoms with E-state index in [0.717, 1.165) is 22.0 Å². The molecule has 3 heterocycles. The van der Waals surface area contributed by atoms with Gasteiger partial charge in [0.25, 0.3) is 5.91 Å². The quantitative estimate of drug-likeness (QED) is 0.614. The lowest BCUT2D eigenvalue weighted by Gasteiger charge is -2.02. The predicted molar refractivity (Wildman–Crippen MR) is 93.1 cm³/mol. The van der Waals surface area contributed by atoms with E-state index < -0.39 is 0 Å². The molecule has 5 nitrogen and oxygen atoms in total. The molecule has 3 aromatic heterocycles. The van der Waals surface area contributed by atoms with Crippen LogP contribution in [0.4, 0.5) is 0 Å². The minimum atomic E-state index is -0.148. The molecule has 0 spiro atoms. The first-order chi connectivity index (χ1) is 11.7. The van der Waals surface area contributed by atoms with E-state index in [2.05, 4.69) is 29.4 Å². The van der Waals surface area contributed by atoms with Crippen molar-refractivity contribution in [2.75, 3.05) is 0 Å². The van der Waals surface area contributed by atoms with Crippen molar-refractivity contribution in [2.24, 2.45) is 0 Å². The molecule has 0 aliphatic heterocycles. The first-order valence-electron chi connectivity index (χ1n) is 7.55. The van der Waals surface area contributed by atoms with E-state index in [1.165, 1.54) is 16.9 Å². The van der Waals surface area contributed by atoms with Crippen LogP contribution in [0.15, 0.2) is 58.7 Å². The van der Waals surface area contributed by atoms with Gasteiger partial charge in [-0.05, 0) is 19.1 Å². The maximum atomic E-state index is 12.4. The summed E-state index contributed by atoms with van der Waals surface area (Å²) in [5.41, 5.74) is 3.69. The number of aryl methyl sites for hydroxylation is 1. The smallest absolute Gasteiger partial charge is 0.269 e. The van der Waals surface area contributed by atoms with Gasteiger partial charge < -0.3 is 9.73 Å². The highest BCUT2D eigenvalue weighted by Gasteiger charge is 2.15. The highest BCUT2D eigenvalue weighted by atomic mass is 32.1. The van der Waals surface area contributed by atoms with Crippen LogP contribution in [-0.4, -0.2) is 15.3 Å². The Hall–Kier alpha value is -2.86. The number of thiazole rings is 1. The van der Waals surface area contributed by atoms with Crippen molar-refractivity contribution in [3.05, 3.63) is 71.3 Å². The number of hydrogen-bond donors (Lipinski definition) is 1. The highest BCUT2D eigenvalue weighted by Crippen LogP contribution is 2.24. The molecule has 0 saturated heterocycles. The molecule has 0 saturated carbocycles. The Bertz CT molecular complexity index is 981. The van der Waals surface area contributed by atoms with Crippen molar-refractivity contribution in [1.82, 2.24) is 14.7 Å². The zero-order valence-corrected chi connectivity index (χ0v) is 13.8. The number of nitrogens with one attached hydrogen (secondary N) is 1. The molecule has 0 radical (unpaired) electrons. The summed E-state index contributed by atoms with van der Waals surface area (Å²) >= 11 is 1.45. The Kier molecular flexibility index (Phi) is 3.66.